The Labute approximate surface area is 78.1 Å². The van der Waals surface area contributed by atoms with E-state index in [9.17, 15) is 18.0 Å². The van der Waals surface area contributed by atoms with Gasteiger partial charge >= 0.3 is 12.1 Å². The van der Waals surface area contributed by atoms with Crippen molar-refractivity contribution in [2.45, 2.75) is 19.1 Å². The van der Waals surface area contributed by atoms with Crippen LogP contribution in [0.1, 0.15) is 6.92 Å². The number of halogens is 3. The summed E-state index contributed by atoms with van der Waals surface area (Å²) in [5, 5.41) is 3.31. The van der Waals surface area contributed by atoms with Crippen LogP contribution in [-0.2, 0) is 9.53 Å². The van der Waals surface area contributed by atoms with Gasteiger partial charge in [-0.05, 0) is 0 Å². The Morgan fingerprint density at radius 3 is 2.50 bits per heavy atom. The van der Waals surface area contributed by atoms with E-state index in [0.29, 0.717) is 0 Å². The fourth-order valence-electron chi connectivity index (χ4n) is 1.20. The normalized spacial score (nSPS) is 26.8. The van der Waals surface area contributed by atoms with Crippen molar-refractivity contribution in [3.05, 3.63) is 0 Å². The zero-order valence-corrected chi connectivity index (χ0v) is 7.55. The predicted molar refractivity (Wildman–Crippen MR) is 41.6 cm³/mol. The van der Waals surface area contributed by atoms with Crippen molar-refractivity contribution in [2.75, 3.05) is 7.11 Å². The van der Waals surface area contributed by atoms with E-state index in [1.54, 1.807) is 0 Å². The van der Waals surface area contributed by atoms with E-state index in [1.807, 2.05) is 5.43 Å². The number of esters is 1. The summed E-state index contributed by atoms with van der Waals surface area (Å²) in [6.45, 7) is 1.27. The van der Waals surface area contributed by atoms with Crippen LogP contribution in [0.15, 0.2) is 5.10 Å². The van der Waals surface area contributed by atoms with Gasteiger partial charge in [0, 0.05) is 5.92 Å². The molecular weight excluding hydrogens is 201 g/mol. The minimum absolute atomic E-state index is 0.227. The molecule has 14 heavy (non-hydrogen) atoms. The van der Waals surface area contributed by atoms with E-state index in [4.69, 9.17) is 0 Å². The second-order valence-electron chi connectivity index (χ2n) is 2.93. The monoisotopic (exact) mass is 210 g/mol. The molecule has 0 bridgehead atoms. The molecule has 7 heteroatoms. The average Bonchev–Trinajstić information content (AvgIpc) is 2.45. The van der Waals surface area contributed by atoms with Gasteiger partial charge in [-0.25, -0.2) is 4.79 Å². The van der Waals surface area contributed by atoms with Gasteiger partial charge in [-0.2, -0.15) is 18.3 Å². The number of hydrogen-bond acceptors (Lipinski definition) is 4. The number of methoxy groups -OCH3 is 1. The van der Waals surface area contributed by atoms with E-state index >= 15 is 0 Å². The van der Waals surface area contributed by atoms with E-state index < -0.39 is 24.1 Å². The summed E-state index contributed by atoms with van der Waals surface area (Å²) >= 11 is 0. The van der Waals surface area contributed by atoms with Crippen molar-refractivity contribution in [1.29, 1.82) is 0 Å². The molecule has 80 valence electrons. The van der Waals surface area contributed by atoms with Crippen LogP contribution in [0.3, 0.4) is 0 Å². The van der Waals surface area contributed by atoms with Crippen molar-refractivity contribution in [2.24, 2.45) is 11.0 Å². The Morgan fingerprint density at radius 1 is 1.57 bits per heavy atom. The Bertz CT molecular complexity index is 275. The zero-order valence-electron chi connectivity index (χ0n) is 7.55. The molecule has 4 nitrogen and oxygen atoms in total. The lowest BCUT2D eigenvalue weighted by Crippen LogP contribution is -2.42. The number of nitrogens with zero attached hydrogens (tertiary/aromatic N) is 1. The van der Waals surface area contributed by atoms with Gasteiger partial charge in [0.15, 0.2) is 5.71 Å². The fraction of sp³-hybridized carbons (Fsp3) is 0.714. The third-order valence-electron chi connectivity index (χ3n) is 2.00. The van der Waals surface area contributed by atoms with Gasteiger partial charge in [0.25, 0.3) is 0 Å². The first kappa shape index (κ1) is 10.8. The molecule has 0 saturated carbocycles. The van der Waals surface area contributed by atoms with Crippen LogP contribution < -0.4 is 5.43 Å². The molecule has 1 aliphatic rings. The molecule has 1 N–H and O–H groups in total. The molecule has 0 spiro atoms. The van der Waals surface area contributed by atoms with Gasteiger partial charge in [-0.15, -0.1) is 0 Å². The standard InChI is InChI=1S/C7H9F3N2O2/c1-3-4(6(13)14-2)11-12-5(3)7(8,9)10/h3,5,12H,1-2H3/t3-,5-/m1/s1. The maximum absolute atomic E-state index is 12.3. The van der Waals surface area contributed by atoms with Gasteiger partial charge < -0.3 is 4.74 Å². The van der Waals surface area contributed by atoms with Crippen LogP contribution in [0.2, 0.25) is 0 Å². The summed E-state index contributed by atoms with van der Waals surface area (Å²) < 4.78 is 41.1. The SMILES string of the molecule is COC(=O)C1=NN[C@@H](C(F)(F)F)[C@@H]1C. The summed E-state index contributed by atoms with van der Waals surface area (Å²) in [6, 6.07) is -1.81. The minimum Gasteiger partial charge on any atom is -0.464 e. The highest BCUT2D eigenvalue weighted by Gasteiger charge is 2.49. The van der Waals surface area contributed by atoms with Crippen LogP contribution in [0.25, 0.3) is 0 Å². The molecule has 0 aromatic rings. The second kappa shape index (κ2) is 3.47. The van der Waals surface area contributed by atoms with Crippen molar-refractivity contribution >= 4 is 11.7 Å². The number of hydrazone groups is 1. The maximum atomic E-state index is 12.3. The summed E-state index contributed by atoms with van der Waals surface area (Å²) in [5.74, 6) is -1.86. The van der Waals surface area contributed by atoms with Crippen LogP contribution in [0.4, 0.5) is 13.2 Å². The Hall–Kier alpha value is -1.27. The lowest BCUT2D eigenvalue weighted by atomic mass is 9.98. The lowest BCUT2D eigenvalue weighted by Gasteiger charge is -2.18. The number of alkyl halides is 3. The molecule has 0 radical (unpaired) electrons. The number of nitrogens with one attached hydrogen (secondary N) is 1. The first-order valence-electron chi connectivity index (χ1n) is 3.86. The number of rotatable bonds is 1. The summed E-state index contributed by atoms with van der Waals surface area (Å²) in [6.07, 6.45) is -4.42. The third-order valence-corrected chi connectivity index (χ3v) is 2.00. The molecule has 0 unspecified atom stereocenters. The first-order valence-corrected chi connectivity index (χ1v) is 3.86. The van der Waals surface area contributed by atoms with Crippen LogP contribution >= 0.6 is 0 Å². The van der Waals surface area contributed by atoms with Crippen molar-refractivity contribution in [3.8, 4) is 0 Å². The molecule has 0 aromatic heterocycles. The van der Waals surface area contributed by atoms with Crippen LogP contribution in [-0.4, -0.2) is 31.0 Å². The number of ether oxygens (including phenoxy) is 1. The molecule has 0 saturated heterocycles. The van der Waals surface area contributed by atoms with Crippen LogP contribution in [0.5, 0.6) is 0 Å². The first-order chi connectivity index (χ1) is 6.38. The topological polar surface area (TPSA) is 50.7 Å². The van der Waals surface area contributed by atoms with Crippen molar-refractivity contribution < 1.29 is 22.7 Å². The molecule has 0 aromatic carbocycles. The lowest BCUT2D eigenvalue weighted by molar-refractivity contribution is -0.159. The number of carbonyl (C=O) groups excluding carboxylic acids is 1. The Kier molecular flexibility index (Phi) is 2.68. The summed E-state index contributed by atoms with van der Waals surface area (Å²) in [5.41, 5.74) is 1.65. The largest absolute Gasteiger partial charge is 0.464 e. The molecule has 0 fully saturated rings. The highest BCUT2D eigenvalue weighted by atomic mass is 19.4. The number of hydrogen-bond donors (Lipinski definition) is 1. The minimum atomic E-state index is -4.42. The molecule has 0 amide bonds. The van der Waals surface area contributed by atoms with E-state index in [2.05, 4.69) is 9.84 Å². The highest BCUT2D eigenvalue weighted by Crippen LogP contribution is 2.29. The zero-order chi connectivity index (χ0) is 10.9. The average molecular weight is 210 g/mol. The summed E-state index contributed by atoms with van der Waals surface area (Å²) in [4.78, 5) is 10.9. The molecule has 0 aliphatic carbocycles. The van der Waals surface area contributed by atoms with Gasteiger partial charge in [0.05, 0.1) is 7.11 Å². The summed E-state index contributed by atoms with van der Waals surface area (Å²) in [7, 11) is 1.10. The number of carbonyl (C=O) groups is 1. The van der Waals surface area contributed by atoms with E-state index in [0.717, 1.165) is 7.11 Å². The van der Waals surface area contributed by atoms with E-state index in [-0.39, 0.29) is 5.71 Å². The fourth-order valence-corrected chi connectivity index (χ4v) is 1.20. The molecule has 1 heterocycles. The molecular formula is C7H9F3N2O2. The van der Waals surface area contributed by atoms with Crippen molar-refractivity contribution in [3.63, 3.8) is 0 Å². The maximum Gasteiger partial charge on any atom is 0.410 e. The van der Waals surface area contributed by atoms with Crippen LogP contribution in [0, 0.1) is 5.92 Å². The smallest absolute Gasteiger partial charge is 0.410 e. The Balaban J connectivity index is 2.76. The third kappa shape index (κ3) is 1.80. The molecule has 1 aliphatic heterocycles. The van der Waals surface area contributed by atoms with Gasteiger partial charge in [0.1, 0.15) is 6.04 Å². The Morgan fingerprint density at radius 2 is 2.14 bits per heavy atom. The van der Waals surface area contributed by atoms with Gasteiger partial charge in [0.2, 0.25) is 0 Å². The molecule has 1 rings (SSSR count). The van der Waals surface area contributed by atoms with Crippen molar-refractivity contribution in [1.82, 2.24) is 5.43 Å². The van der Waals surface area contributed by atoms with Gasteiger partial charge in [-0.3, -0.25) is 5.43 Å². The highest BCUT2D eigenvalue weighted by molar-refractivity contribution is 6.37. The quantitative estimate of drug-likeness (QED) is 0.647. The molecule has 2 atom stereocenters. The predicted octanol–water partition coefficient (Wildman–Crippen LogP) is 0.686. The van der Waals surface area contributed by atoms with Gasteiger partial charge in [-0.1, -0.05) is 6.92 Å². The van der Waals surface area contributed by atoms with E-state index in [1.165, 1.54) is 6.92 Å². The second-order valence-corrected chi connectivity index (χ2v) is 2.93.